The first-order chi connectivity index (χ1) is 12.7. The molecule has 0 amide bonds. The zero-order chi connectivity index (χ0) is 18.9. The summed E-state index contributed by atoms with van der Waals surface area (Å²) in [5.41, 5.74) is 0. The molecule has 1 N–H and O–H groups in total. The third-order valence-electron chi connectivity index (χ3n) is 4.94. The van der Waals surface area contributed by atoms with Crippen LogP contribution in [-0.2, 0) is 9.63 Å². The summed E-state index contributed by atoms with van der Waals surface area (Å²) >= 11 is 0. The average Bonchev–Trinajstić information content (AvgIpc) is 3.13. The first-order valence-electron chi connectivity index (χ1n) is 10.9. The number of rotatable bonds is 17. The summed E-state index contributed by atoms with van der Waals surface area (Å²) in [6.07, 6.45) is 18.3. The number of aliphatic hydroxyl groups is 1. The lowest BCUT2D eigenvalue weighted by atomic mass is 10.0. The van der Waals surface area contributed by atoms with Gasteiger partial charge < -0.3 is 9.94 Å². The Balaban J connectivity index is 1.77. The van der Waals surface area contributed by atoms with Crippen LogP contribution in [0.25, 0.3) is 0 Å². The van der Waals surface area contributed by atoms with Crippen molar-refractivity contribution >= 4 is 12.3 Å². The minimum Gasteiger partial charge on any atom is -0.393 e. The minimum atomic E-state index is -0.147. The first kappa shape index (κ1) is 22.9. The van der Waals surface area contributed by atoms with Crippen LogP contribution in [-0.4, -0.2) is 41.7 Å². The third-order valence-corrected chi connectivity index (χ3v) is 4.94. The van der Waals surface area contributed by atoms with Gasteiger partial charge in [0.15, 0.2) is 0 Å². The van der Waals surface area contributed by atoms with Crippen LogP contribution in [0.1, 0.15) is 103 Å². The highest BCUT2D eigenvalue weighted by atomic mass is 16.7. The summed E-state index contributed by atoms with van der Waals surface area (Å²) in [5, 5.41) is 11.5. The number of carbonyl (C=O) groups excluding carboxylic acids is 1. The summed E-state index contributed by atoms with van der Waals surface area (Å²) < 4.78 is 0. The molecular weight excluding hydrogens is 328 g/mol. The molecule has 0 aromatic carbocycles. The normalized spacial score (nSPS) is 14.8. The van der Waals surface area contributed by atoms with Crippen LogP contribution in [0.4, 0.5) is 0 Å². The standard InChI is InChI=1S/C21H40N2O3/c1-2-3-4-11-14-20(24)15-12-9-7-5-6-8-10-13-16-21(25)26-23-18-17-22-19-23/h19-20,24H,2-18H2,1H3. The van der Waals surface area contributed by atoms with Gasteiger partial charge in [-0.2, -0.15) is 5.06 Å². The number of aliphatic hydroxyl groups excluding tert-OH is 1. The maximum Gasteiger partial charge on any atom is 0.332 e. The fourth-order valence-electron chi connectivity index (χ4n) is 3.27. The van der Waals surface area contributed by atoms with Gasteiger partial charge in [0.25, 0.3) is 0 Å². The Kier molecular flexibility index (Phi) is 14.2. The molecule has 0 bridgehead atoms. The Morgan fingerprint density at radius 2 is 1.58 bits per heavy atom. The van der Waals surface area contributed by atoms with E-state index in [-0.39, 0.29) is 12.1 Å². The van der Waals surface area contributed by atoms with Crippen LogP contribution >= 0.6 is 0 Å². The monoisotopic (exact) mass is 368 g/mol. The molecule has 0 aliphatic carbocycles. The number of unbranched alkanes of at least 4 members (excludes halogenated alkanes) is 10. The van der Waals surface area contributed by atoms with E-state index in [4.69, 9.17) is 4.84 Å². The molecule has 1 unspecified atom stereocenters. The highest BCUT2D eigenvalue weighted by Crippen LogP contribution is 2.14. The zero-order valence-electron chi connectivity index (χ0n) is 16.8. The third kappa shape index (κ3) is 13.2. The van der Waals surface area contributed by atoms with Gasteiger partial charge in [-0.15, -0.1) is 0 Å². The molecule has 152 valence electrons. The second-order valence-electron chi connectivity index (χ2n) is 7.50. The molecule has 5 heteroatoms. The summed E-state index contributed by atoms with van der Waals surface area (Å²) in [7, 11) is 0. The van der Waals surface area contributed by atoms with E-state index in [1.807, 2.05) is 0 Å². The van der Waals surface area contributed by atoms with E-state index >= 15 is 0 Å². The largest absolute Gasteiger partial charge is 0.393 e. The average molecular weight is 369 g/mol. The van der Waals surface area contributed by atoms with E-state index in [1.54, 1.807) is 6.34 Å². The molecule has 26 heavy (non-hydrogen) atoms. The smallest absolute Gasteiger partial charge is 0.332 e. The van der Waals surface area contributed by atoms with Crippen molar-refractivity contribution < 1.29 is 14.7 Å². The Morgan fingerprint density at radius 1 is 1.00 bits per heavy atom. The molecule has 1 heterocycles. The van der Waals surface area contributed by atoms with E-state index in [0.717, 1.165) is 32.1 Å². The van der Waals surface area contributed by atoms with Crippen LogP contribution in [0.15, 0.2) is 4.99 Å². The van der Waals surface area contributed by atoms with Crippen molar-refractivity contribution in [3.05, 3.63) is 0 Å². The molecule has 0 saturated carbocycles. The molecule has 1 aliphatic heterocycles. The van der Waals surface area contributed by atoms with Crippen LogP contribution < -0.4 is 0 Å². The molecular formula is C21H40N2O3. The van der Waals surface area contributed by atoms with E-state index in [9.17, 15) is 9.90 Å². The SMILES string of the molecule is CCCCCCC(O)CCCCCCCCCCC(=O)ON1C=NCC1. The number of hydrogen-bond donors (Lipinski definition) is 1. The topological polar surface area (TPSA) is 62.1 Å². The first-order valence-corrected chi connectivity index (χ1v) is 10.9. The Labute approximate surface area is 160 Å². The summed E-state index contributed by atoms with van der Waals surface area (Å²) in [4.78, 5) is 20.8. The fraction of sp³-hybridized carbons (Fsp3) is 0.905. The summed E-state index contributed by atoms with van der Waals surface area (Å²) in [6, 6.07) is 0. The Bertz CT molecular complexity index is 374. The molecule has 0 saturated heterocycles. The quantitative estimate of drug-likeness (QED) is 0.366. The maximum atomic E-state index is 11.6. The zero-order valence-corrected chi connectivity index (χ0v) is 16.8. The van der Waals surface area contributed by atoms with Crippen LogP contribution in [0.2, 0.25) is 0 Å². The van der Waals surface area contributed by atoms with Gasteiger partial charge in [0, 0.05) is 6.42 Å². The van der Waals surface area contributed by atoms with Gasteiger partial charge >= 0.3 is 5.97 Å². The minimum absolute atomic E-state index is 0.0848. The lowest BCUT2D eigenvalue weighted by Crippen LogP contribution is -2.24. The predicted molar refractivity (Wildman–Crippen MR) is 107 cm³/mol. The number of carbonyl (C=O) groups is 1. The molecule has 0 radical (unpaired) electrons. The summed E-state index contributed by atoms with van der Waals surface area (Å²) in [6.45, 7) is 3.61. The number of aliphatic imine (C=N–C) groups is 1. The second kappa shape index (κ2) is 16.1. The van der Waals surface area contributed by atoms with Gasteiger partial charge in [-0.05, 0) is 19.3 Å². The molecule has 0 spiro atoms. The van der Waals surface area contributed by atoms with Crippen molar-refractivity contribution in [3.63, 3.8) is 0 Å². The molecule has 5 nitrogen and oxygen atoms in total. The number of hydroxylamine groups is 2. The molecule has 0 fully saturated rings. The van der Waals surface area contributed by atoms with E-state index in [2.05, 4.69) is 11.9 Å². The number of hydrogen-bond acceptors (Lipinski definition) is 5. The molecule has 1 rings (SSSR count). The van der Waals surface area contributed by atoms with Crippen LogP contribution in [0.3, 0.4) is 0 Å². The lowest BCUT2D eigenvalue weighted by Gasteiger charge is -2.12. The van der Waals surface area contributed by atoms with E-state index in [1.165, 1.54) is 62.9 Å². The molecule has 0 aromatic rings. The van der Waals surface area contributed by atoms with E-state index < -0.39 is 0 Å². The lowest BCUT2D eigenvalue weighted by molar-refractivity contribution is -0.170. The van der Waals surface area contributed by atoms with Crippen molar-refractivity contribution in [1.82, 2.24) is 5.06 Å². The fourth-order valence-corrected chi connectivity index (χ4v) is 3.27. The summed E-state index contributed by atoms with van der Waals surface area (Å²) in [5.74, 6) is -0.147. The van der Waals surface area contributed by atoms with Crippen molar-refractivity contribution in [1.29, 1.82) is 0 Å². The van der Waals surface area contributed by atoms with E-state index in [0.29, 0.717) is 19.5 Å². The van der Waals surface area contributed by atoms with Crippen LogP contribution in [0.5, 0.6) is 0 Å². The van der Waals surface area contributed by atoms with Crippen molar-refractivity contribution in [2.24, 2.45) is 4.99 Å². The Morgan fingerprint density at radius 3 is 2.15 bits per heavy atom. The highest BCUT2D eigenvalue weighted by Gasteiger charge is 2.11. The van der Waals surface area contributed by atoms with Gasteiger partial charge in [0.2, 0.25) is 0 Å². The molecule has 1 aliphatic rings. The van der Waals surface area contributed by atoms with Gasteiger partial charge in [-0.25, -0.2) is 4.79 Å². The highest BCUT2D eigenvalue weighted by molar-refractivity contribution is 5.70. The van der Waals surface area contributed by atoms with Gasteiger partial charge in [-0.3, -0.25) is 4.99 Å². The molecule has 0 aromatic heterocycles. The van der Waals surface area contributed by atoms with Gasteiger partial charge in [0.1, 0.15) is 6.34 Å². The van der Waals surface area contributed by atoms with Crippen molar-refractivity contribution in [2.45, 2.75) is 109 Å². The van der Waals surface area contributed by atoms with Crippen molar-refractivity contribution in [3.8, 4) is 0 Å². The second-order valence-corrected chi connectivity index (χ2v) is 7.50. The van der Waals surface area contributed by atoms with Crippen molar-refractivity contribution in [2.75, 3.05) is 13.1 Å². The van der Waals surface area contributed by atoms with Gasteiger partial charge in [0.05, 0.1) is 19.2 Å². The van der Waals surface area contributed by atoms with Crippen LogP contribution in [0, 0.1) is 0 Å². The maximum absolute atomic E-state index is 11.6. The van der Waals surface area contributed by atoms with Gasteiger partial charge in [-0.1, -0.05) is 77.6 Å². The Hall–Kier alpha value is -1.10. The number of nitrogens with zero attached hydrogens (tertiary/aromatic N) is 2. The molecule has 1 atom stereocenters. The predicted octanol–water partition coefficient (Wildman–Crippen LogP) is 5.02.